The SMILES string of the molecule is CC(O)(c1ccc(CO)cc1)C1CO1. The molecule has 0 amide bonds. The summed E-state index contributed by atoms with van der Waals surface area (Å²) >= 11 is 0. The molecule has 76 valence electrons. The second kappa shape index (κ2) is 3.35. The molecular weight excluding hydrogens is 180 g/mol. The molecule has 1 heterocycles. The average molecular weight is 194 g/mol. The van der Waals surface area contributed by atoms with E-state index in [1.807, 2.05) is 24.3 Å². The lowest BCUT2D eigenvalue weighted by molar-refractivity contribution is 0.0259. The first kappa shape index (κ1) is 9.65. The number of ether oxygens (including phenoxy) is 1. The molecule has 0 bridgehead atoms. The Kier molecular flexibility index (Phi) is 2.31. The van der Waals surface area contributed by atoms with Crippen molar-refractivity contribution in [1.29, 1.82) is 0 Å². The van der Waals surface area contributed by atoms with Gasteiger partial charge in [0, 0.05) is 0 Å². The first-order valence-corrected chi connectivity index (χ1v) is 4.69. The zero-order valence-electron chi connectivity index (χ0n) is 8.10. The van der Waals surface area contributed by atoms with Gasteiger partial charge in [0.25, 0.3) is 0 Å². The molecule has 1 aromatic rings. The minimum Gasteiger partial charge on any atom is -0.392 e. The van der Waals surface area contributed by atoms with Crippen LogP contribution in [-0.2, 0) is 16.9 Å². The molecule has 14 heavy (non-hydrogen) atoms. The van der Waals surface area contributed by atoms with Crippen LogP contribution in [0.3, 0.4) is 0 Å². The smallest absolute Gasteiger partial charge is 0.115 e. The lowest BCUT2D eigenvalue weighted by Crippen LogP contribution is -2.28. The Morgan fingerprint density at radius 3 is 2.43 bits per heavy atom. The third-order valence-electron chi connectivity index (χ3n) is 2.68. The molecule has 0 saturated carbocycles. The highest BCUT2D eigenvalue weighted by Crippen LogP contribution is 2.33. The fraction of sp³-hybridized carbons (Fsp3) is 0.455. The molecule has 2 rings (SSSR count). The Balaban J connectivity index is 2.23. The van der Waals surface area contributed by atoms with E-state index in [0.717, 1.165) is 11.1 Å². The second-order valence-corrected chi connectivity index (χ2v) is 3.82. The zero-order chi connectivity index (χ0) is 10.2. The molecule has 0 aromatic heterocycles. The summed E-state index contributed by atoms with van der Waals surface area (Å²) in [5.41, 5.74) is 0.770. The van der Waals surface area contributed by atoms with Crippen molar-refractivity contribution >= 4 is 0 Å². The largest absolute Gasteiger partial charge is 0.392 e. The van der Waals surface area contributed by atoms with Gasteiger partial charge in [0.15, 0.2) is 0 Å². The zero-order valence-corrected chi connectivity index (χ0v) is 8.10. The van der Waals surface area contributed by atoms with Crippen LogP contribution in [0.4, 0.5) is 0 Å². The van der Waals surface area contributed by atoms with Crippen LogP contribution in [0.15, 0.2) is 24.3 Å². The summed E-state index contributed by atoms with van der Waals surface area (Å²) in [6.45, 7) is 2.40. The van der Waals surface area contributed by atoms with E-state index < -0.39 is 5.60 Å². The number of aliphatic hydroxyl groups is 2. The third-order valence-corrected chi connectivity index (χ3v) is 2.68. The minimum atomic E-state index is -0.909. The van der Waals surface area contributed by atoms with Crippen LogP contribution in [0.1, 0.15) is 18.1 Å². The Hall–Kier alpha value is -0.900. The maximum absolute atomic E-state index is 10.1. The van der Waals surface area contributed by atoms with Gasteiger partial charge < -0.3 is 14.9 Å². The maximum Gasteiger partial charge on any atom is 0.115 e. The summed E-state index contributed by atoms with van der Waals surface area (Å²) in [4.78, 5) is 0. The number of hydrogen-bond acceptors (Lipinski definition) is 3. The van der Waals surface area contributed by atoms with Gasteiger partial charge >= 0.3 is 0 Å². The van der Waals surface area contributed by atoms with Crippen LogP contribution < -0.4 is 0 Å². The van der Waals surface area contributed by atoms with Crippen LogP contribution in [0.5, 0.6) is 0 Å². The van der Waals surface area contributed by atoms with Gasteiger partial charge in [-0.05, 0) is 18.1 Å². The van der Waals surface area contributed by atoms with Gasteiger partial charge in [-0.15, -0.1) is 0 Å². The van der Waals surface area contributed by atoms with Gasteiger partial charge in [-0.3, -0.25) is 0 Å². The molecule has 0 aliphatic carbocycles. The predicted molar refractivity (Wildman–Crippen MR) is 51.7 cm³/mol. The highest BCUT2D eigenvalue weighted by molar-refractivity contribution is 5.28. The number of benzene rings is 1. The quantitative estimate of drug-likeness (QED) is 0.699. The fourth-order valence-corrected chi connectivity index (χ4v) is 1.51. The van der Waals surface area contributed by atoms with E-state index in [9.17, 15) is 5.11 Å². The van der Waals surface area contributed by atoms with E-state index in [1.54, 1.807) is 6.92 Å². The molecule has 1 aliphatic rings. The highest BCUT2D eigenvalue weighted by atomic mass is 16.6. The van der Waals surface area contributed by atoms with Gasteiger partial charge in [-0.1, -0.05) is 24.3 Å². The number of hydrogen-bond donors (Lipinski definition) is 2. The van der Waals surface area contributed by atoms with Gasteiger partial charge in [0.05, 0.1) is 13.2 Å². The minimum absolute atomic E-state index is 0.0301. The summed E-state index contributed by atoms with van der Waals surface area (Å²) in [5, 5.41) is 19.0. The third kappa shape index (κ3) is 1.66. The van der Waals surface area contributed by atoms with Crippen LogP contribution >= 0.6 is 0 Å². The Bertz CT molecular complexity index is 312. The van der Waals surface area contributed by atoms with Crippen molar-refractivity contribution in [1.82, 2.24) is 0 Å². The summed E-state index contributed by atoms with van der Waals surface area (Å²) < 4.78 is 5.08. The first-order chi connectivity index (χ1) is 6.64. The van der Waals surface area contributed by atoms with Gasteiger partial charge in [0.2, 0.25) is 0 Å². The fourth-order valence-electron chi connectivity index (χ4n) is 1.51. The van der Waals surface area contributed by atoms with E-state index in [2.05, 4.69) is 0 Å². The van der Waals surface area contributed by atoms with Crippen molar-refractivity contribution in [2.75, 3.05) is 6.61 Å². The Morgan fingerprint density at radius 2 is 2.00 bits per heavy atom. The molecule has 3 nitrogen and oxygen atoms in total. The predicted octanol–water partition coefficient (Wildman–Crippen LogP) is 0.785. The van der Waals surface area contributed by atoms with Gasteiger partial charge in [0.1, 0.15) is 11.7 Å². The first-order valence-electron chi connectivity index (χ1n) is 4.69. The van der Waals surface area contributed by atoms with Crippen molar-refractivity contribution < 1.29 is 14.9 Å². The van der Waals surface area contributed by atoms with Crippen LogP contribution in [0.2, 0.25) is 0 Å². The molecule has 1 fully saturated rings. The molecule has 1 saturated heterocycles. The topological polar surface area (TPSA) is 53.0 Å². The molecule has 0 spiro atoms. The summed E-state index contributed by atoms with van der Waals surface area (Å²) in [5.74, 6) is 0. The average Bonchev–Trinajstić information content (AvgIpc) is 3.01. The van der Waals surface area contributed by atoms with Crippen molar-refractivity contribution in [2.45, 2.75) is 25.2 Å². The van der Waals surface area contributed by atoms with Crippen LogP contribution in [0, 0.1) is 0 Å². The second-order valence-electron chi connectivity index (χ2n) is 3.82. The molecule has 2 atom stereocenters. The summed E-state index contributed by atoms with van der Waals surface area (Å²) in [6.07, 6.45) is -0.0810. The maximum atomic E-state index is 10.1. The molecule has 1 aliphatic heterocycles. The summed E-state index contributed by atoms with van der Waals surface area (Å²) in [7, 11) is 0. The number of epoxide rings is 1. The number of aliphatic hydroxyl groups excluding tert-OH is 1. The van der Waals surface area contributed by atoms with Crippen molar-refractivity contribution in [3.05, 3.63) is 35.4 Å². The van der Waals surface area contributed by atoms with E-state index in [1.165, 1.54) is 0 Å². The van der Waals surface area contributed by atoms with Gasteiger partial charge in [-0.2, -0.15) is 0 Å². The molecule has 2 unspecified atom stereocenters. The Morgan fingerprint density at radius 1 is 1.43 bits per heavy atom. The van der Waals surface area contributed by atoms with E-state index in [-0.39, 0.29) is 12.7 Å². The van der Waals surface area contributed by atoms with Crippen molar-refractivity contribution in [3.8, 4) is 0 Å². The highest BCUT2D eigenvalue weighted by Gasteiger charge is 2.42. The van der Waals surface area contributed by atoms with Gasteiger partial charge in [-0.25, -0.2) is 0 Å². The lowest BCUT2D eigenvalue weighted by atomic mass is 9.92. The van der Waals surface area contributed by atoms with Crippen molar-refractivity contribution in [3.63, 3.8) is 0 Å². The van der Waals surface area contributed by atoms with E-state index in [0.29, 0.717) is 6.61 Å². The van der Waals surface area contributed by atoms with Crippen LogP contribution in [0.25, 0.3) is 0 Å². The standard InChI is InChI=1S/C11H14O3/c1-11(13,10-7-14-10)9-4-2-8(6-12)3-5-9/h2-5,10,12-13H,6-7H2,1H3. The molecular formula is C11H14O3. The monoisotopic (exact) mass is 194 g/mol. The number of rotatable bonds is 3. The molecule has 0 radical (unpaired) electrons. The normalized spacial score (nSPS) is 24.4. The van der Waals surface area contributed by atoms with E-state index >= 15 is 0 Å². The van der Waals surface area contributed by atoms with Crippen LogP contribution in [-0.4, -0.2) is 22.9 Å². The molecule has 1 aromatic carbocycles. The molecule has 3 heteroatoms. The molecule has 2 N–H and O–H groups in total. The van der Waals surface area contributed by atoms with Crippen molar-refractivity contribution in [2.24, 2.45) is 0 Å². The summed E-state index contributed by atoms with van der Waals surface area (Å²) in [6, 6.07) is 7.28. The lowest BCUT2D eigenvalue weighted by Gasteiger charge is -2.21. The van der Waals surface area contributed by atoms with E-state index in [4.69, 9.17) is 9.84 Å². The Labute approximate surface area is 83.0 Å².